The summed E-state index contributed by atoms with van der Waals surface area (Å²) in [5.74, 6) is -0.121. The molecule has 22 heavy (non-hydrogen) atoms. The topological polar surface area (TPSA) is 57.6 Å². The molecule has 1 amide bonds. The van der Waals surface area contributed by atoms with Gasteiger partial charge in [-0.25, -0.2) is 0 Å². The van der Waals surface area contributed by atoms with E-state index in [2.05, 4.69) is 0 Å². The van der Waals surface area contributed by atoms with Crippen molar-refractivity contribution < 1.29 is 14.7 Å². The molecule has 0 aliphatic carbocycles. The maximum atomic E-state index is 12.3. The van der Waals surface area contributed by atoms with E-state index in [9.17, 15) is 14.7 Å². The Hall–Kier alpha value is -2.46. The number of nitrogens with zero attached hydrogens (tertiary/aromatic N) is 1. The van der Waals surface area contributed by atoms with E-state index in [-0.39, 0.29) is 5.91 Å². The Labute approximate surface area is 129 Å². The van der Waals surface area contributed by atoms with Crippen LogP contribution in [0.3, 0.4) is 0 Å². The third-order valence-corrected chi connectivity index (χ3v) is 3.98. The Balaban J connectivity index is 1.63. The molecule has 1 aliphatic rings. The van der Waals surface area contributed by atoms with Crippen LogP contribution >= 0.6 is 0 Å². The zero-order valence-corrected chi connectivity index (χ0v) is 12.1. The molecular formula is C18H17NO3. The number of carbonyl (C=O) groups is 2. The molecule has 0 spiro atoms. The standard InChI is InChI=1S/C18H17NO3/c20-12-14-6-3-5-13(11-14)7-4-10-19-17(21)15-8-1-2-9-16(15)18(19)22/h1-3,5-6,8-9,11-12,17,21H,4,7,10H2. The van der Waals surface area contributed by atoms with Crippen LogP contribution in [0.1, 0.15) is 44.5 Å². The lowest BCUT2D eigenvalue weighted by molar-refractivity contribution is 0.0172. The van der Waals surface area contributed by atoms with Crippen LogP contribution in [0.25, 0.3) is 0 Å². The van der Waals surface area contributed by atoms with Gasteiger partial charge in [0.15, 0.2) is 6.23 Å². The second-order valence-corrected chi connectivity index (χ2v) is 5.43. The number of aldehydes is 1. The first kappa shape index (κ1) is 14.5. The monoisotopic (exact) mass is 295 g/mol. The van der Waals surface area contributed by atoms with E-state index in [4.69, 9.17) is 0 Å². The van der Waals surface area contributed by atoms with Crippen LogP contribution in [0.15, 0.2) is 48.5 Å². The summed E-state index contributed by atoms with van der Waals surface area (Å²) in [5, 5.41) is 10.2. The number of fused-ring (bicyclic) bond motifs is 1. The quantitative estimate of drug-likeness (QED) is 0.863. The zero-order valence-electron chi connectivity index (χ0n) is 12.1. The highest BCUT2D eigenvalue weighted by Crippen LogP contribution is 2.31. The SMILES string of the molecule is O=Cc1cccc(CCCN2C(=O)c3ccccc3C2O)c1. The van der Waals surface area contributed by atoms with E-state index < -0.39 is 6.23 Å². The lowest BCUT2D eigenvalue weighted by Crippen LogP contribution is -2.29. The average molecular weight is 295 g/mol. The van der Waals surface area contributed by atoms with E-state index in [1.807, 2.05) is 24.3 Å². The molecule has 0 saturated carbocycles. The molecule has 1 unspecified atom stereocenters. The van der Waals surface area contributed by atoms with Gasteiger partial charge >= 0.3 is 0 Å². The van der Waals surface area contributed by atoms with Crippen molar-refractivity contribution in [1.82, 2.24) is 4.90 Å². The van der Waals surface area contributed by atoms with Crippen LogP contribution in [-0.2, 0) is 6.42 Å². The van der Waals surface area contributed by atoms with Gasteiger partial charge in [0, 0.05) is 23.2 Å². The Morgan fingerprint density at radius 1 is 1.14 bits per heavy atom. The van der Waals surface area contributed by atoms with Crippen LogP contribution < -0.4 is 0 Å². The Morgan fingerprint density at radius 2 is 1.95 bits per heavy atom. The van der Waals surface area contributed by atoms with Gasteiger partial charge in [-0.2, -0.15) is 0 Å². The molecule has 2 aromatic rings. The number of aliphatic hydroxyl groups is 1. The second kappa shape index (κ2) is 6.12. The van der Waals surface area contributed by atoms with Gasteiger partial charge in [-0.3, -0.25) is 9.59 Å². The molecular weight excluding hydrogens is 278 g/mol. The molecule has 3 rings (SSSR count). The van der Waals surface area contributed by atoms with Crippen LogP contribution in [0.2, 0.25) is 0 Å². The molecule has 4 nitrogen and oxygen atoms in total. The molecule has 0 bridgehead atoms. The fourth-order valence-corrected chi connectivity index (χ4v) is 2.85. The highest BCUT2D eigenvalue weighted by molar-refractivity contribution is 5.98. The summed E-state index contributed by atoms with van der Waals surface area (Å²) in [6.45, 7) is 0.486. The predicted molar refractivity (Wildman–Crippen MR) is 82.6 cm³/mol. The van der Waals surface area contributed by atoms with Crippen LogP contribution in [0.5, 0.6) is 0 Å². The van der Waals surface area contributed by atoms with Crippen molar-refractivity contribution in [3.63, 3.8) is 0 Å². The fraction of sp³-hybridized carbons (Fsp3) is 0.222. The highest BCUT2D eigenvalue weighted by Gasteiger charge is 2.34. The highest BCUT2D eigenvalue weighted by atomic mass is 16.3. The van der Waals surface area contributed by atoms with Gasteiger partial charge in [0.1, 0.15) is 6.29 Å². The number of benzene rings is 2. The zero-order chi connectivity index (χ0) is 15.5. The molecule has 2 aromatic carbocycles. The molecule has 1 atom stereocenters. The number of aryl methyl sites for hydroxylation is 1. The van der Waals surface area contributed by atoms with E-state index in [0.717, 1.165) is 24.7 Å². The summed E-state index contributed by atoms with van der Waals surface area (Å²) >= 11 is 0. The van der Waals surface area contributed by atoms with E-state index in [1.54, 1.807) is 24.3 Å². The smallest absolute Gasteiger partial charge is 0.256 e. The van der Waals surface area contributed by atoms with Crippen LogP contribution in [0.4, 0.5) is 0 Å². The van der Waals surface area contributed by atoms with E-state index in [0.29, 0.717) is 23.2 Å². The summed E-state index contributed by atoms with van der Waals surface area (Å²) < 4.78 is 0. The van der Waals surface area contributed by atoms with Gasteiger partial charge < -0.3 is 10.0 Å². The van der Waals surface area contributed by atoms with Gasteiger partial charge in [-0.1, -0.05) is 36.4 Å². The molecule has 0 aromatic heterocycles. The summed E-state index contributed by atoms with van der Waals surface area (Å²) in [7, 11) is 0. The number of hydrogen-bond acceptors (Lipinski definition) is 3. The van der Waals surface area contributed by atoms with Crippen molar-refractivity contribution in [3.8, 4) is 0 Å². The van der Waals surface area contributed by atoms with Crippen molar-refractivity contribution in [2.45, 2.75) is 19.1 Å². The minimum absolute atomic E-state index is 0.121. The minimum atomic E-state index is -0.856. The Bertz CT molecular complexity index is 711. The first-order chi connectivity index (χ1) is 10.7. The van der Waals surface area contributed by atoms with Gasteiger partial charge in [-0.15, -0.1) is 0 Å². The predicted octanol–water partition coefficient (Wildman–Crippen LogP) is 2.58. The first-order valence-electron chi connectivity index (χ1n) is 7.33. The first-order valence-corrected chi connectivity index (χ1v) is 7.33. The Morgan fingerprint density at radius 3 is 2.73 bits per heavy atom. The molecule has 1 N–H and O–H groups in total. The molecule has 1 heterocycles. The number of carbonyl (C=O) groups excluding carboxylic acids is 2. The van der Waals surface area contributed by atoms with Crippen molar-refractivity contribution in [2.75, 3.05) is 6.54 Å². The Kier molecular flexibility index (Phi) is 4.02. The molecule has 1 aliphatic heterocycles. The average Bonchev–Trinajstić information content (AvgIpc) is 2.80. The van der Waals surface area contributed by atoms with Crippen molar-refractivity contribution in [2.24, 2.45) is 0 Å². The third-order valence-electron chi connectivity index (χ3n) is 3.98. The van der Waals surface area contributed by atoms with Crippen molar-refractivity contribution in [1.29, 1.82) is 0 Å². The lowest BCUT2D eigenvalue weighted by Gasteiger charge is -2.20. The largest absolute Gasteiger partial charge is 0.369 e. The van der Waals surface area contributed by atoms with Gasteiger partial charge in [0.05, 0.1) is 0 Å². The van der Waals surface area contributed by atoms with Crippen LogP contribution in [-0.4, -0.2) is 28.7 Å². The normalized spacial score (nSPS) is 16.7. The summed E-state index contributed by atoms with van der Waals surface area (Å²) in [6, 6.07) is 14.6. The summed E-state index contributed by atoms with van der Waals surface area (Å²) in [4.78, 5) is 24.5. The second-order valence-electron chi connectivity index (χ2n) is 5.43. The molecule has 112 valence electrons. The third kappa shape index (κ3) is 2.65. The number of amides is 1. The molecule has 4 heteroatoms. The minimum Gasteiger partial charge on any atom is -0.369 e. The van der Waals surface area contributed by atoms with Gasteiger partial charge in [0.25, 0.3) is 5.91 Å². The van der Waals surface area contributed by atoms with Crippen molar-refractivity contribution >= 4 is 12.2 Å². The lowest BCUT2D eigenvalue weighted by atomic mass is 10.1. The summed E-state index contributed by atoms with van der Waals surface area (Å²) in [6.07, 6.45) is 1.46. The van der Waals surface area contributed by atoms with Crippen LogP contribution in [0, 0.1) is 0 Å². The van der Waals surface area contributed by atoms with E-state index in [1.165, 1.54) is 4.90 Å². The number of rotatable bonds is 5. The van der Waals surface area contributed by atoms with Crippen molar-refractivity contribution in [3.05, 3.63) is 70.8 Å². The van der Waals surface area contributed by atoms with E-state index >= 15 is 0 Å². The molecule has 0 saturated heterocycles. The maximum Gasteiger partial charge on any atom is 0.256 e. The summed E-state index contributed by atoms with van der Waals surface area (Å²) in [5.41, 5.74) is 2.97. The maximum absolute atomic E-state index is 12.3. The fourth-order valence-electron chi connectivity index (χ4n) is 2.85. The van der Waals surface area contributed by atoms with Gasteiger partial charge in [0.2, 0.25) is 0 Å². The number of aliphatic hydroxyl groups excluding tert-OH is 1. The molecule has 0 radical (unpaired) electrons. The molecule has 0 fully saturated rings. The number of hydrogen-bond donors (Lipinski definition) is 1. The van der Waals surface area contributed by atoms with Gasteiger partial charge in [-0.05, 0) is 30.5 Å².